The van der Waals surface area contributed by atoms with Crippen molar-refractivity contribution in [3.8, 4) is 5.75 Å². The summed E-state index contributed by atoms with van der Waals surface area (Å²) in [6.07, 6.45) is -4.41. The number of alkyl halides is 3. The van der Waals surface area contributed by atoms with E-state index >= 15 is 0 Å². The van der Waals surface area contributed by atoms with Crippen LogP contribution in [0.4, 0.5) is 13.2 Å². The van der Waals surface area contributed by atoms with Gasteiger partial charge in [-0.25, -0.2) is 4.79 Å². The van der Waals surface area contributed by atoms with Gasteiger partial charge in [-0.15, -0.1) is 0 Å². The second kappa shape index (κ2) is 4.26. The van der Waals surface area contributed by atoms with E-state index in [0.29, 0.717) is 6.08 Å². The van der Waals surface area contributed by atoms with Crippen LogP contribution in [-0.4, -0.2) is 22.4 Å². The zero-order valence-corrected chi connectivity index (χ0v) is 7.82. The summed E-state index contributed by atoms with van der Waals surface area (Å²) in [4.78, 5) is 10.4. The van der Waals surface area contributed by atoms with Crippen molar-refractivity contribution in [3.63, 3.8) is 0 Å². The highest BCUT2D eigenvalue weighted by Crippen LogP contribution is 2.27. The monoisotopic (exact) mass is 232 g/mol. The molecule has 0 bridgehead atoms. The molecular formula is C10H7F3O3. The highest BCUT2D eigenvalue weighted by molar-refractivity contribution is 5.93. The third-order valence-corrected chi connectivity index (χ3v) is 1.74. The molecule has 1 aromatic rings. The second-order valence-corrected chi connectivity index (χ2v) is 2.95. The summed E-state index contributed by atoms with van der Waals surface area (Å²) >= 11 is 0. The number of carbonyl (C=O) groups is 1. The highest BCUT2D eigenvalue weighted by Gasteiger charge is 2.38. The Labute approximate surface area is 88.4 Å². The third-order valence-electron chi connectivity index (χ3n) is 1.74. The molecule has 3 nitrogen and oxygen atoms in total. The van der Waals surface area contributed by atoms with Gasteiger partial charge in [0.25, 0.3) is 0 Å². The Morgan fingerprint density at radius 1 is 1.19 bits per heavy atom. The van der Waals surface area contributed by atoms with Crippen LogP contribution in [0.5, 0.6) is 5.75 Å². The summed E-state index contributed by atoms with van der Waals surface area (Å²) in [7, 11) is 0. The van der Waals surface area contributed by atoms with Gasteiger partial charge in [-0.2, -0.15) is 13.2 Å². The van der Waals surface area contributed by atoms with E-state index < -0.39 is 17.7 Å². The number of aromatic hydroxyl groups is 1. The van der Waals surface area contributed by atoms with Gasteiger partial charge in [0, 0.05) is 0 Å². The van der Waals surface area contributed by atoms with Crippen LogP contribution in [-0.2, 0) is 4.79 Å². The molecular weight excluding hydrogens is 225 g/mol. The van der Waals surface area contributed by atoms with Crippen molar-refractivity contribution >= 4 is 12.0 Å². The minimum Gasteiger partial charge on any atom is -0.508 e. The molecule has 0 unspecified atom stereocenters. The first kappa shape index (κ1) is 12.1. The zero-order chi connectivity index (χ0) is 12.3. The van der Waals surface area contributed by atoms with E-state index in [9.17, 15) is 18.0 Å². The maximum absolute atomic E-state index is 12.2. The van der Waals surface area contributed by atoms with Crippen LogP contribution < -0.4 is 0 Å². The van der Waals surface area contributed by atoms with Gasteiger partial charge in [0.05, 0.1) is 0 Å². The summed E-state index contributed by atoms with van der Waals surface area (Å²) in [5.41, 5.74) is -1.61. The van der Waals surface area contributed by atoms with E-state index in [4.69, 9.17) is 10.2 Å². The molecule has 0 aliphatic heterocycles. The molecule has 0 fully saturated rings. The fraction of sp³-hybridized carbons (Fsp3) is 0.100. The molecule has 86 valence electrons. The molecule has 0 aromatic heterocycles. The minimum absolute atomic E-state index is 0.0486. The second-order valence-electron chi connectivity index (χ2n) is 2.95. The lowest BCUT2D eigenvalue weighted by molar-refractivity contribution is -0.144. The first-order valence-electron chi connectivity index (χ1n) is 4.12. The number of halogens is 3. The van der Waals surface area contributed by atoms with Crippen LogP contribution in [0.2, 0.25) is 0 Å². The Bertz CT molecular complexity index is 418. The fourth-order valence-electron chi connectivity index (χ4n) is 1.00. The molecule has 0 spiro atoms. The number of carboxylic acids is 1. The van der Waals surface area contributed by atoms with Crippen LogP contribution in [0.25, 0.3) is 6.08 Å². The smallest absolute Gasteiger partial charge is 0.423 e. The minimum atomic E-state index is -4.91. The first-order valence-corrected chi connectivity index (χ1v) is 4.12. The number of carboxylic acid groups (broad SMARTS) is 1. The number of aliphatic carboxylic acids is 1. The summed E-state index contributed by atoms with van der Waals surface area (Å²) < 4.78 is 36.7. The molecule has 0 radical (unpaired) electrons. The van der Waals surface area contributed by atoms with Gasteiger partial charge in [-0.1, -0.05) is 12.1 Å². The summed E-state index contributed by atoms with van der Waals surface area (Å²) in [5.74, 6) is -2.15. The molecule has 0 atom stereocenters. The highest BCUT2D eigenvalue weighted by atomic mass is 19.4. The molecule has 0 saturated carbocycles. The number of phenols is 1. The quantitative estimate of drug-likeness (QED) is 0.770. The van der Waals surface area contributed by atoms with Gasteiger partial charge in [-0.05, 0) is 23.8 Å². The van der Waals surface area contributed by atoms with E-state index in [1.165, 1.54) is 24.3 Å². The van der Waals surface area contributed by atoms with Crippen molar-refractivity contribution in [3.05, 3.63) is 35.4 Å². The van der Waals surface area contributed by atoms with E-state index in [1.54, 1.807) is 0 Å². The van der Waals surface area contributed by atoms with Crippen LogP contribution >= 0.6 is 0 Å². The number of benzene rings is 1. The van der Waals surface area contributed by atoms with Gasteiger partial charge in [0.2, 0.25) is 0 Å². The van der Waals surface area contributed by atoms with E-state index in [-0.39, 0.29) is 11.3 Å². The number of rotatable bonds is 2. The van der Waals surface area contributed by atoms with Gasteiger partial charge >= 0.3 is 12.1 Å². The maximum Gasteiger partial charge on any atom is 0.423 e. The molecule has 1 rings (SSSR count). The Morgan fingerprint density at radius 2 is 1.69 bits per heavy atom. The SMILES string of the molecule is O=C(O)/C(=C\c1ccc(O)cc1)C(F)(F)F. The van der Waals surface area contributed by atoms with E-state index in [0.717, 1.165) is 0 Å². The van der Waals surface area contributed by atoms with Crippen molar-refractivity contribution in [2.24, 2.45) is 0 Å². The van der Waals surface area contributed by atoms with Crippen molar-refractivity contribution in [1.82, 2.24) is 0 Å². The Kier molecular flexibility index (Phi) is 3.22. The number of phenolic OH excluding ortho intramolecular Hbond substituents is 1. The van der Waals surface area contributed by atoms with Crippen LogP contribution in [0, 0.1) is 0 Å². The van der Waals surface area contributed by atoms with Gasteiger partial charge in [0.15, 0.2) is 0 Å². The third kappa shape index (κ3) is 3.01. The van der Waals surface area contributed by atoms with E-state index in [1.807, 2.05) is 0 Å². The zero-order valence-electron chi connectivity index (χ0n) is 7.82. The molecule has 16 heavy (non-hydrogen) atoms. The molecule has 0 saturated heterocycles. The Hall–Kier alpha value is -1.98. The van der Waals surface area contributed by atoms with Crippen molar-refractivity contribution in [2.45, 2.75) is 6.18 Å². The standard InChI is InChI=1S/C10H7F3O3/c11-10(12,13)8(9(15)16)5-6-1-3-7(14)4-2-6/h1-5,14H,(H,15,16)/b8-5+. The van der Waals surface area contributed by atoms with E-state index in [2.05, 4.69) is 0 Å². The number of hydrogen-bond acceptors (Lipinski definition) is 2. The largest absolute Gasteiger partial charge is 0.508 e. The maximum atomic E-state index is 12.2. The lowest BCUT2D eigenvalue weighted by Crippen LogP contribution is -2.19. The normalized spacial score (nSPS) is 12.6. The molecule has 0 aliphatic carbocycles. The predicted octanol–water partition coefficient (Wildman–Crippen LogP) is 2.42. The Balaban J connectivity index is 3.13. The topological polar surface area (TPSA) is 57.5 Å². The molecule has 1 aromatic carbocycles. The lowest BCUT2D eigenvalue weighted by atomic mass is 10.1. The van der Waals surface area contributed by atoms with Crippen LogP contribution in [0.1, 0.15) is 5.56 Å². The Morgan fingerprint density at radius 3 is 2.06 bits per heavy atom. The molecule has 0 aliphatic rings. The average molecular weight is 232 g/mol. The molecule has 0 heterocycles. The molecule has 6 heteroatoms. The summed E-state index contributed by atoms with van der Waals surface area (Å²) in [6, 6.07) is 4.71. The van der Waals surface area contributed by atoms with Gasteiger partial charge in [0.1, 0.15) is 11.3 Å². The van der Waals surface area contributed by atoms with Crippen molar-refractivity contribution < 1.29 is 28.2 Å². The molecule has 2 N–H and O–H groups in total. The predicted molar refractivity (Wildman–Crippen MR) is 49.8 cm³/mol. The van der Waals surface area contributed by atoms with Gasteiger partial charge < -0.3 is 10.2 Å². The van der Waals surface area contributed by atoms with Crippen molar-refractivity contribution in [1.29, 1.82) is 0 Å². The van der Waals surface area contributed by atoms with Gasteiger partial charge in [-0.3, -0.25) is 0 Å². The summed E-state index contributed by atoms with van der Waals surface area (Å²) in [6.45, 7) is 0. The van der Waals surface area contributed by atoms with Crippen LogP contribution in [0.15, 0.2) is 29.8 Å². The lowest BCUT2D eigenvalue weighted by Gasteiger charge is -2.06. The average Bonchev–Trinajstić information content (AvgIpc) is 2.14. The number of hydrogen-bond donors (Lipinski definition) is 2. The van der Waals surface area contributed by atoms with Crippen LogP contribution in [0.3, 0.4) is 0 Å². The first-order chi connectivity index (χ1) is 7.30. The fourth-order valence-corrected chi connectivity index (χ4v) is 1.00. The summed E-state index contributed by atoms with van der Waals surface area (Å²) in [5, 5.41) is 17.3. The molecule has 0 amide bonds. The van der Waals surface area contributed by atoms with Crippen molar-refractivity contribution in [2.75, 3.05) is 0 Å².